The number of sulfone groups is 1. The van der Waals surface area contributed by atoms with E-state index in [9.17, 15) is 26.4 Å². The second-order valence-electron chi connectivity index (χ2n) is 15.2. The molecule has 11 nitrogen and oxygen atoms in total. The van der Waals surface area contributed by atoms with Crippen LogP contribution >= 0.6 is 0 Å². The van der Waals surface area contributed by atoms with Gasteiger partial charge in [0.1, 0.15) is 15.9 Å². The summed E-state index contributed by atoms with van der Waals surface area (Å²) in [5, 5.41) is 5.88. The number of aryl methyl sites for hydroxylation is 2. The summed E-state index contributed by atoms with van der Waals surface area (Å²) in [4.78, 5) is 31.0. The van der Waals surface area contributed by atoms with Crippen LogP contribution in [-0.4, -0.2) is 85.4 Å². The summed E-state index contributed by atoms with van der Waals surface area (Å²) in [5.74, 6) is -0.980. The molecular formula is C34H49N5O6S2. The number of piperidine rings is 1. The van der Waals surface area contributed by atoms with Crippen LogP contribution in [0.25, 0.3) is 0 Å². The number of aromatic nitrogens is 2. The van der Waals surface area contributed by atoms with Gasteiger partial charge >= 0.3 is 0 Å². The Bertz CT molecular complexity index is 1740. The third kappa shape index (κ3) is 6.51. The van der Waals surface area contributed by atoms with E-state index >= 15 is 0 Å². The van der Waals surface area contributed by atoms with Crippen LogP contribution in [0, 0.1) is 16.7 Å². The number of sulfonamides is 1. The molecule has 258 valence electrons. The van der Waals surface area contributed by atoms with Crippen LogP contribution in [-0.2, 0) is 54.8 Å². The molecule has 3 aliphatic carbocycles. The number of hydrogen-bond acceptors (Lipinski definition) is 7. The lowest BCUT2D eigenvalue weighted by molar-refractivity contribution is -0.129. The van der Waals surface area contributed by atoms with Gasteiger partial charge in [0.2, 0.25) is 21.8 Å². The first-order chi connectivity index (χ1) is 22.0. The lowest BCUT2D eigenvalue weighted by Gasteiger charge is -2.45. The van der Waals surface area contributed by atoms with E-state index in [0.717, 1.165) is 38.4 Å². The Morgan fingerprint density at radius 2 is 1.79 bits per heavy atom. The van der Waals surface area contributed by atoms with Gasteiger partial charge in [0, 0.05) is 44.0 Å². The van der Waals surface area contributed by atoms with E-state index in [0.29, 0.717) is 31.6 Å². The zero-order valence-corrected chi connectivity index (χ0v) is 29.6. The fourth-order valence-electron chi connectivity index (χ4n) is 9.36. The summed E-state index contributed by atoms with van der Waals surface area (Å²) in [7, 11) is -5.26. The highest BCUT2D eigenvalue weighted by Crippen LogP contribution is 2.66. The molecule has 47 heavy (non-hydrogen) atoms. The third-order valence-corrected chi connectivity index (χ3v) is 15.3. The molecule has 3 fully saturated rings. The maximum absolute atomic E-state index is 14.2. The first-order valence-corrected chi connectivity index (χ1v) is 20.5. The standard InChI is InChI=1S/C34H49N5O6S2/c1-32(2)25-10-13-34(32,22-47(44,45)39-16-14-33(15-17-39)12-9-24-7-5-6-8-27(24)33)29(19-25)37-31(41)28(11-18-46(4,42)43)36-30(40)20-26-21-38(3)23-35-26/h5-8,21,23,25,28-29H,9-20,22H2,1-4H3,(H,36,40)(H,37,41)/t25-,28+,29+,34-/m1/s1. The zero-order valence-electron chi connectivity index (χ0n) is 28.0. The van der Waals surface area contributed by atoms with Gasteiger partial charge in [0.25, 0.3) is 0 Å². The normalized spacial score (nSPS) is 27.1. The molecule has 0 radical (unpaired) electrons. The van der Waals surface area contributed by atoms with Crippen LogP contribution in [0.3, 0.4) is 0 Å². The van der Waals surface area contributed by atoms with Crippen molar-refractivity contribution < 1.29 is 26.4 Å². The number of nitrogens with one attached hydrogen (secondary N) is 2. The maximum Gasteiger partial charge on any atom is 0.242 e. The van der Waals surface area contributed by atoms with Crippen molar-refractivity contribution in [2.24, 2.45) is 23.8 Å². The van der Waals surface area contributed by atoms with Gasteiger partial charge in [-0.25, -0.2) is 26.1 Å². The summed E-state index contributed by atoms with van der Waals surface area (Å²) in [6.45, 7) is 5.23. The summed E-state index contributed by atoms with van der Waals surface area (Å²) in [6, 6.07) is 7.07. The predicted molar refractivity (Wildman–Crippen MR) is 180 cm³/mol. The van der Waals surface area contributed by atoms with E-state index in [1.807, 2.05) is 0 Å². The van der Waals surface area contributed by atoms with Crippen LogP contribution in [0.1, 0.15) is 75.6 Å². The molecule has 0 unspecified atom stereocenters. The average Bonchev–Trinajstić information content (AvgIpc) is 3.69. The molecule has 2 saturated carbocycles. The van der Waals surface area contributed by atoms with Crippen molar-refractivity contribution in [3.05, 3.63) is 53.6 Å². The first kappa shape index (κ1) is 34.1. The zero-order chi connectivity index (χ0) is 33.8. The molecule has 2 aromatic rings. The highest BCUT2D eigenvalue weighted by molar-refractivity contribution is 7.90. The fraction of sp³-hybridized carbons (Fsp3) is 0.676. The molecule has 2 heterocycles. The summed E-state index contributed by atoms with van der Waals surface area (Å²) in [5.41, 5.74) is 2.34. The van der Waals surface area contributed by atoms with E-state index in [-0.39, 0.29) is 41.1 Å². The minimum absolute atomic E-state index is 0.0436. The van der Waals surface area contributed by atoms with E-state index in [2.05, 4.69) is 53.7 Å². The highest BCUT2D eigenvalue weighted by atomic mass is 32.2. The monoisotopic (exact) mass is 687 g/mol. The van der Waals surface area contributed by atoms with E-state index in [4.69, 9.17) is 0 Å². The Kier molecular flexibility index (Phi) is 8.91. The molecule has 4 aliphatic rings. The maximum atomic E-state index is 14.2. The van der Waals surface area contributed by atoms with Crippen molar-refractivity contribution in [2.45, 2.75) is 89.1 Å². The average molecular weight is 688 g/mol. The van der Waals surface area contributed by atoms with Crippen molar-refractivity contribution in [3.63, 3.8) is 0 Å². The van der Waals surface area contributed by atoms with E-state index in [1.54, 1.807) is 28.4 Å². The lowest BCUT2D eigenvalue weighted by Crippen LogP contribution is -2.58. The van der Waals surface area contributed by atoms with Crippen LogP contribution in [0.15, 0.2) is 36.8 Å². The molecule has 2 N–H and O–H groups in total. The number of nitrogens with zero attached hydrogens (tertiary/aromatic N) is 3. The lowest BCUT2D eigenvalue weighted by atomic mass is 9.69. The SMILES string of the molecule is Cn1cnc(CC(=O)N[C@@H](CCS(C)(=O)=O)C(=O)N[C@H]2C[C@H]3CC[C@]2(CS(=O)(=O)N2CCC4(CCc5ccccc54)CC2)C3(C)C)c1. The summed E-state index contributed by atoms with van der Waals surface area (Å²) < 4.78 is 56.0. The van der Waals surface area contributed by atoms with Gasteiger partial charge in [-0.3, -0.25) is 9.59 Å². The van der Waals surface area contributed by atoms with Crippen LogP contribution in [0.5, 0.6) is 0 Å². The molecule has 4 atom stereocenters. The molecule has 2 bridgehead atoms. The second-order valence-corrected chi connectivity index (χ2v) is 19.5. The Hall–Kier alpha value is -2.77. The molecule has 1 spiro atoms. The minimum Gasteiger partial charge on any atom is -0.351 e. The topological polar surface area (TPSA) is 148 Å². The number of imidazole rings is 1. The number of amides is 2. The summed E-state index contributed by atoms with van der Waals surface area (Å²) >= 11 is 0. The Balaban J connectivity index is 1.17. The first-order valence-electron chi connectivity index (χ1n) is 16.8. The van der Waals surface area contributed by atoms with E-state index < -0.39 is 49.2 Å². The number of carbonyl (C=O) groups is 2. The number of hydrogen-bond donors (Lipinski definition) is 2. The Morgan fingerprint density at radius 1 is 1.06 bits per heavy atom. The molecule has 1 aromatic heterocycles. The van der Waals surface area contributed by atoms with Gasteiger partial charge in [0.05, 0.1) is 29.9 Å². The Labute approximate surface area is 279 Å². The van der Waals surface area contributed by atoms with Crippen LogP contribution in [0.2, 0.25) is 0 Å². The van der Waals surface area contributed by atoms with Gasteiger partial charge in [0.15, 0.2) is 0 Å². The highest BCUT2D eigenvalue weighted by Gasteiger charge is 2.66. The van der Waals surface area contributed by atoms with Gasteiger partial charge in [-0.2, -0.15) is 0 Å². The van der Waals surface area contributed by atoms with Crippen molar-refractivity contribution in [1.82, 2.24) is 24.5 Å². The fourth-order valence-corrected chi connectivity index (χ4v) is 12.3. The predicted octanol–water partition coefficient (Wildman–Crippen LogP) is 2.50. The summed E-state index contributed by atoms with van der Waals surface area (Å²) in [6.07, 6.45) is 10.2. The Morgan fingerprint density at radius 3 is 2.45 bits per heavy atom. The minimum atomic E-state index is -3.65. The van der Waals surface area contributed by atoms with Crippen molar-refractivity contribution in [1.29, 1.82) is 0 Å². The van der Waals surface area contributed by atoms with Gasteiger partial charge in [-0.05, 0) is 79.2 Å². The van der Waals surface area contributed by atoms with Gasteiger partial charge < -0.3 is 15.2 Å². The quantitative estimate of drug-likeness (QED) is 0.369. The van der Waals surface area contributed by atoms with Crippen molar-refractivity contribution >= 4 is 31.7 Å². The van der Waals surface area contributed by atoms with E-state index in [1.165, 1.54) is 11.1 Å². The number of benzene rings is 1. The van der Waals surface area contributed by atoms with Gasteiger partial charge in [-0.15, -0.1) is 0 Å². The number of fused-ring (bicyclic) bond motifs is 4. The second kappa shape index (κ2) is 12.3. The molecule has 13 heteroatoms. The smallest absolute Gasteiger partial charge is 0.242 e. The molecule has 1 aromatic carbocycles. The van der Waals surface area contributed by atoms with Crippen LogP contribution < -0.4 is 10.6 Å². The number of carbonyl (C=O) groups excluding carboxylic acids is 2. The number of rotatable bonds is 11. The molecule has 6 rings (SSSR count). The molecule has 1 saturated heterocycles. The molecule has 1 aliphatic heterocycles. The molecule has 2 amide bonds. The van der Waals surface area contributed by atoms with Crippen molar-refractivity contribution in [3.8, 4) is 0 Å². The van der Waals surface area contributed by atoms with Crippen LogP contribution in [0.4, 0.5) is 0 Å². The molecular weight excluding hydrogens is 639 g/mol. The third-order valence-electron chi connectivity index (χ3n) is 12.3. The largest absolute Gasteiger partial charge is 0.351 e. The van der Waals surface area contributed by atoms with Crippen molar-refractivity contribution in [2.75, 3.05) is 30.9 Å². The van der Waals surface area contributed by atoms with Gasteiger partial charge in [-0.1, -0.05) is 38.1 Å².